The van der Waals surface area contributed by atoms with E-state index in [2.05, 4.69) is 13.0 Å². The fourth-order valence-electron chi connectivity index (χ4n) is 1.35. The van der Waals surface area contributed by atoms with Gasteiger partial charge in [0.25, 0.3) is 0 Å². The summed E-state index contributed by atoms with van der Waals surface area (Å²) in [7, 11) is 1.60. The van der Waals surface area contributed by atoms with Crippen LogP contribution in [0.5, 0.6) is 5.75 Å². The average molecular weight is 235 g/mol. The first-order valence-electron chi connectivity index (χ1n) is 5.46. The van der Waals surface area contributed by atoms with Crippen molar-refractivity contribution >= 4 is 11.8 Å². The maximum absolute atomic E-state index is 8.85. The van der Waals surface area contributed by atoms with Crippen LogP contribution >= 0.6 is 11.8 Å². The van der Waals surface area contributed by atoms with E-state index in [-0.39, 0.29) is 0 Å². The number of benzene rings is 1. The molecule has 0 heterocycles. The van der Waals surface area contributed by atoms with Crippen LogP contribution in [-0.4, -0.2) is 12.9 Å². The van der Waals surface area contributed by atoms with Gasteiger partial charge in [-0.15, -0.1) is 0 Å². The minimum absolute atomic E-state index is 0.602. The number of hydrogen-bond donors (Lipinski definition) is 0. The molecule has 0 aliphatic carbocycles. The topological polar surface area (TPSA) is 33.0 Å². The number of thioether (sulfide) groups is 1. The fraction of sp³-hybridized carbons (Fsp3) is 0.462. The van der Waals surface area contributed by atoms with Gasteiger partial charge < -0.3 is 4.74 Å². The standard InChI is InChI=1S/C13H17NOS/c1-3-4-7-16-10-11-5-6-12(9-14)13(8-11)15-2/h5-6,8H,3-4,7,10H2,1-2H3. The van der Waals surface area contributed by atoms with Crippen molar-refractivity contribution in [3.63, 3.8) is 0 Å². The van der Waals surface area contributed by atoms with Crippen LogP contribution in [0.1, 0.15) is 30.9 Å². The van der Waals surface area contributed by atoms with E-state index in [0.29, 0.717) is 11.3 Å². The van der Waals surface area contributed by atoms with Crippen LogP contribution in [0.25, 0.3) is 0 Å². The van der Waals surface area contributed by atoms with E-state index in [1.807, 2.05) is 30.0 Å². The summed E-state index contributed by atoms with van der Waals surface area (Å²) in [6.07, 6.45) is 2.50. The monoisotopic (exact) mass is 235 g/mol. The van der Waals surface area contributed by atoms with Crippen LogP contribution in [0.2, 0.25) is 0 Å². The first kappa shape index (κ1) is 12.9. The molecule has 0 fully saturated rings. The molecule has 0 saturated carbocycles. The molecular weight excluding hydrogens is 218 g/mol. The number of nitrogens with zero attached hydrogens (tertiary/aromatic N) is 1. The Labute approximate surface area is 102 Å². The number of unbranched alkanes of at least 4 members (excludes halogenated alkanes) is 1. The Balaban J connectivity index is 2.58. The zero-order valence-electron chi connectivity index (χ0n) is 9.82. The van der Waals surface area contributed by atoms with Gasteiger partial charge >= 0.3 is 0 Å². The van der Waals surface area contributed by atoms with Gasteiger partial charge in [-0.1, -0.05) is 19.4 Å². The third-order valence-corrected chi connectivity index (χ3v) is 3.41. The molecule has 0 aromatic heterocycles. The Kier molecular flexibility index (Phi) is 5.81. The van der Waals surface area contributed by atoms with Crippen molar-refractivity contribution in [3.05, 3.63) is 29.3 Å². The van der Waals surface area contributed by atoms with Gasteiger partial charge in [0, 0.05) is 5.75 Å². The minimum Gasteiger partial charge on any atom is -0.495 e. The second-order valence-electron chi connectivity index (χ2n) is 3.55. The van der Waals surface area contributed by atoms with E-state index in [0.717, 1.165) is 5.75 Å². The van der Waals surface area contributed by atoms with Gasteiger partial charge in [0.15, 0.2) is 0 Å². The zero-order valence-corrected chi connectivity index (χ0v) is 10.6. The molecular formula is C13H17NOS. The van der Waals surface area contributed by atoms with Crippen LogP contribution < -0.4 is 4.74 Å². The van der Waals surface area contributed by atoms with E-state index in [1.165, 1.54) is 24.2 Å². The lowest BCUT2D eigenvalue weighted by atomic mass is 10.1. The van der Waals surface area contributed by atoms with E-state index in [9.17, 15) is 0 Å². The molecule has 16 heavy (non-hydrogen) atoms. The van der Waals surface area contributed by atoms with E-state index in [4.69, 9.17) is 10.00 Å². The molecule has 0 radical (unpaired) electrons. The SMILES string of the molecule is CCCCSCc1ccc(C#N)c(OC)c1. The van der Waals surface area contributed by atoms with Crippen molar-refractivity contribution in [2.24, 2.45) is 0 Å². The molecule has 0 amide bonds. The summed E-state index contributed by atoms with van der Waals surface area (Å²) in [5.41, 5.74) is 1.82. The normalized spacial score (nSPS) is 9.81. The molecule has 1 aromatic rings. The summed E-state index contributed by atoms with van der Waals surface area (Å²) in [6.45, 7) is 2.20. The number of hydrogen-bond acceptors (Lipinski definition) is 3. The van der Waals surface area contributed by atoms with Gasteiger partial charge in [-0.05, 0) is 29.9 Å². The Hall–Kier alpha value is -1.14. The average Bonchev–Trinajstić information content (AvgIpc) is 2.34. The highest BCUT2D eigenvalue weighted by Gasteiger charge is 2.03. The van der Waals surface area contributed by atoms with Crippen LogP contribution in [0, 0.1) is 11.3 Å². The largest absolute Gasteiger partial charge is 0.495 e. The van der Waals surface area contributed by atoms with E-state index >= 15 is 0 Å². The van der Waals surface area contributed by atoms with Gasteiger partial charge in [0.1, 0.15) is 11.8 Å². The smallest absolute Gasteiger partial charge is 0.136 e. The summed E-state index contributed by atoms with van der Waals surface area (Å²) in [4.78, 5) is 0. The summed E-state index contributed by atoms with van der Waals surface area (Å²) >= 11 is 1.93. The third kappa shape index (κ3) is 3.79. The first-order valence-corrected chi connectivity index (χ1v) is 6.62. The summed E-state index contributed by atoms with van der Waals surface area (Å²) in [6, 6.07) is 7.90. The maximum Gasteiger partial charge on any atom is 0.136 e. The molecule has 1 aromatic carbocycles. The molecule has 1 rings (SSSR count). The van der Waals surface area contributed by atoms with Crippen LogP contribution in [0.4, 0.5) is 0 Å². The van der Waals surface area contributed by atoms with Crippen molar-refractivity contribution in [2.45, 2.75) is 25.5 Å². The number of methoxy groups -OCH3 is 1. The van der Waals surface area contributed by atoms with Crippen LogP contribution in [0.3, 0.4) is 0 Å². The van der Waals surface area contributed by atoms with Crippen molar-refractivity contribution in [1.29, 1.82) is 5.26 Å². The second-order valence-corrected chi connectivity index (χ2v) is 4.66. The van der Waals surface area contributed by atoms with E-state index in [1.54, 1.807) is 7.11 Å². The highest BCUT2D eigenvalue weighted by molar-refractivity contribution is 7.98. The van der Waals surface area contributed by atoms with Crippen molar-refractivity contribution in [2.75, 3.05) is 12.9 Å². The quantitative estimate of drug-likeness (QED) is 0.706. The highest BCUT2D eigenvalue weighted by Crippen LogP contribution is 2.22. The molecule has 0 aliphatic heterocycles. The molecule has 0 spiro atoms. The van der Waals surface area contributed by atoms with Gasteiger partial charge in [-0.25, -0.2) is 0 Å². The number of nitriles is 1. The molecule has 2 nitrogen and oxygen atoms in total. The minimum atomic E-state index is 0.602. The fourth-order valence-corrected chi connectivity index (χ4v) is 2.41. The molecule has 3 heteroatoms. The Morgan fingerprint density at radius 1 is 1.44 bits per heavy atom. The Morgan fingerprint density at radius 3 is 2.88 bits per heavy atom. The third-order valence-electron chi connectivity index (χ3n) is 2.30. The van der Waals surface area contributed by atoms with E-state index < -0.39 is 0 Å². The van der Waals surface area contributed by atoms with Gasteiger partial charge in [-0.3, -0.25) is 0 Å². The second kappa shape index (κ2) is 7.19. The van der Waals surface area contributed by atoms with Crippen molar-refractivity contribution < 1.29 is 4.74 Å². The summed E-state index contributed by atoms with van der Waals surface area (Å²) in [5, 5.41) is 8.85. The van der Waals surface area contributed by atoms with Crippen LogP contribution in [-0.2, 0) is 5.75 Å². The molecule has 0 aliphatic rings. The number of ether oxygens (including phenoxy) is 1. The predicted molar refractivity (Wildman–Crippen MR) is 68.8 cm³/mol. The lowest BCUT2D eigenvalue weighted by molar-refractivity contribution is 0.413. The Bertz CT molecular complexity index is 371. The predicted octanol–water partition coefficient (Wildman–Crippen LogP) is 3.60. The summed E-state index contributed by atoms with van der Waals surface area (Å²) < 4.78 is 5.17. The van der Waals surface area contributed by atoms with Crippen molar-refractivity contribution in [1.82, 2.24) is 0 Å². The molecule has 0 bridgehead atoms. The maximum atomic E-state index is 8.85. The Morgan fingerprint density at radius 2 is 2.25 bits per heavy atom. The lowest BCUT2D eigenvalue weighted by Gasteiger charge is -2.06. The van der Waals surface area contributed by atoms with Gasteiger partial charge in [-0.2, -0.15) is 17.0 Å². The lowest BCUT2D eigenvalue weighted by Crippen LogP contribution is -1.90. The summed E-state index contributed by atoms with van der Waals surface area (Å²) in [5.74, 6) is 2.86. The van der Waals surface area contributed by atoms with Crippen LogP contribution in [0.15, 0.2) is 18.2 Å². The first-order chi connectivity index (χ1) is 7.81. The molecule has 0 N–H and O–H groups in total. The van der Waals surface area contributed by atoms with Crippen molar-refractivity contribution in [3.8, 4) is 11.8 Å². The van der Waals surface area contributed by atoms with Gasteiger partial charge in [0.2, 0.25) is 0 Å². The van der Waals surface area contributed by atoms with Gasteiger partial charge in [0.05, 0.1) is 12.7 Å². The zero-order chi connectivity index (χ0) is 11.8. The molecule has 0 atom stereocenters. The molecule has 0 unspecified atom stereocenters. The molecule has 0 saturated heterocycles. The highest BCUT2D eigenvalue weighted by atomic mass is 32.2. The number of rotatable bonds is 6. The molecule has 86 valence electrons.